The van der Waals surface area contributed by atoms with Gasteiger partial charge in [0.25, 0.3) is 0 Å². The number of nitrogens with zero attached hydrogens (tertiary/aromatic N) is 1. The number of hydrogen-bond donors (Lipinski definition) is 1. The van der Waals surface area contributed by atoms with Crippen LogP contribution in [0.25, 0.3) is 0 Å². The maximum absolute atomic E-state index is 13.4. The van der Waals surface area contributed by atoms with E-state index >= 15 is 0 Å². The van der Waals surface area contributed by atoms with Crippen molar-refractivity contribution in [1.82, 2.24) is 5.32 Å². The molecule has 1 aromatic carbocycles. The van der Waals surface area contributed by atoms with Gasteiger partial charge < -0.3 is 10.2 Å². The van der Waals surface area contributed by atoms with Crippen LogP contribution in [0, 0.1) is 5.82 Å². The third-order valence-electron chi connectivity index (χ3n) is 3.45. The Labute approximate surface area is 113 Å². The van der Waals surface area contributed by atoms with Gasteiger partial charge in [0.05, 0.1) is 0 Å². The molecule has 1 fully saturated rings. The second kappa shape index (κ2) is 6.43. The summed E-state index contributed by atoms with van der Waals surface area (Å²) in [6.45, 7) is 4.20. The zero-order valence-electron chi connectivity index (χ0n) is 11.1. The van der Waals surface area contributed by atoms with Crippen LogP contribution in [0.3, 0.4) is 0 Å². The number of halogens is 1. The first-order valence-electron chi connectivity index (χ1n) is 6.52. The van der Waals surface area contributed by atoms with Crippen molar-refractivity contribution in [3.63, 3.8) is 0 Å². The number of rotatable bonds is 3. The SMILES string of the molecule is CNC(C)c1cc(F)ccc1N1CCCSCC1. The average Bonchev–Trinajstić information content (AvgIpc) is 2.66. The fraction of sp³-hybridized carbons (Fsp3) is 0.571. The van der Waals surface area contributed by atoms with E-state index in [2.05, 4.69) is 17.1 Å². The Hall–Kier alpha value is -0.740. The van der Waals surface area contributed by atoms with E-state index in [9.17, 15) is 4.39 Å². The molecule has 0 amide bonds. The first-order chi connectivity index (χ1) is 8.72. The zero-order valence-corrected chi connectivity index (χ0v) is 11.9. The van der Waals surface area contributed by atoms with Crippen molar-refractivity contribution in [1.29, 1.82) is 0 Å². The lowest BCUT2D eigenvalue weighted by molar-refractivity contribution is 0.606. The van der Waals surface area contributed by atoms with Crippen LogP contribution in [-0.2, 0) is 0 Å². The molecule has 1 aromatic rings. The largest absolute Gasteiger partial charge is 0.370 e. The highest BCUT2D eigenvalue weighted by Crippen LogP contribution is 2.28. The van der Waals surface area contributed by atoms with Crippen molar-refractivity contribution in [2.24, 2.45) is 0 Å². The van der Waals surface area contributed by atoms with Crippen molar-refractivity contribution in [3.05, 3.63) is 29.6 Å². The predicted octanol–water partition coefficient (Wildman–Crippen LogP) is 3.05. The minimum absolute atomic E-state index is 0.153. The Bertz CT molecular complexity index is 389. The van der Waals surface area contributed by atoms with Gasteiger partial charge in [-0.05, 0) is 49.9 Å². The summed E-state index contributed by atoms with van der Waals surface area (Å²) < 4.78 is 13.4. The standard InChI is InChI=1S/C14H21FN2S/c1-11(16-2)13-10-12(15)4-5-14(13)17-6-3-8-18-9-7-17/h4-5,10-11,16H,3,6-9H2,1-2H3. The molecule has 0 saturated carbocycles. The summed E-state index contributed by atoms with van der Waals surface area (Å²) in [6, 6.07) is 5.33. The van der Waals surface area contributed by atoms with E-state index in [-0.39, 0.29) is 11.9 Å². The number of benzene rings is 1. The van der Waals surface area contributed by atoms with Crippen molar-refractivity contribution in [2.75, 3.05) is 36.5 Å². The average molecular weight is 268 g/mol. The maximum atomic E-state index is 13.4. The fourth-order valence-electron chi connectivity index (χ4n) is 2.30. The minimum Gasteiger partial charge on any atom is -0.370 e. The third-order valence-corrected chi connectivity index (χ3v) is 4.50. The van der Waals surface area contributed by atoms with Crippen LogP contribution >= 0.6 is 11.8 Å². The highest BCUT2D eigenvalue weighted by Gasteiger charge is 2.17. The molecule has 0 aromatic heterocycles. The van der Waals surface area contributed by atoms with Gasteiger partial charge in [0.2, 0.25) is 0 Å². The molecule has 18 heavy (non-hydrogen) atoms. The van der Waals surface area contributed by atoms with Crippen LogP contribution < -0.4 is 10.2 Å². The van der Waals surface area contributed by atoms with Crippen molar-refractivity contribution >= 4 is 17.4 Å². The molecule has 4 heteroatoms. The van der Waals surface area contributed by atoms with Crippen LogP contribution in [0.4, 0.5) is 10.1 Å². The normalized spacial score (nSPS) is 18.5. The second-order valence-corrected chi connectivity index (χ2v) is 5.89. The van der Waals surface area contributed by atoms with Crippen LogP contribution in [-0.4, -0.2) is 31.6 Å². The van der Waals surface area contributed by atoms with E-state index in [1.54, 1.807) is 12.1 Å². The smallest absolute Gasteiger partial charge is 0.123 e. The Morgan fingerprint density at radius 3 is 2.94 bits per heavy atom. The molecule has 0 aliphatic carbocycles. The first-order valence-corrected chi connectivity index (χ1v) is 7.67. The van der Waals surface area contributed by atoms with Gasteiger partial charge in [-0.25, -0.2) is 4.39 Å². The van der Waals surface area contributed by atoms with Gasteiger partial charge in [-0.1, -0.05) is 0 Å². The minimum atomic E-state index is -0.153. The van der Waals surface area contributed by atoms with Crippen LogP contribution in [0.5, 0.6) is 0 Å². The predicted molar refractivity (Wildman–Crippen MR) is 78.0 cm³/mol. The summed E-state index contributed by atoms with van der Waals surface area (Å²) in [5.74, 6) is 2.24. The van der Waals surface area contributed by atoms with Gasteiger partial charge in [-0.2, -0.15) is 11.8 Å². The molecule has 2 nitrogen and oxygen atoms in total. The topological polar surface area (TPSA) is 15.3 Å². The van der Waals surface area contributed by atoms with E-state index in [1.807, 2.05) is 24.9 Å². The number of hydrogen-bond acceptors (Lipinski definition) is 3. The molecule has 1 aliphatic heterocycles. The molecule has 1 aliphatic rings. The summed E-state index contributed by atoms with van der Waals surface area (Å²) in [5.41, 5.74) is 2.24. The summed E-state index contributed by atoms with van der Waals surface area (Å²) >= 11 is 2.01. The molecule has 0 radical (unpaired) electrons. The summed E-state index contributed by atoms with van der Waals surface area (Å²) in [6.07, 6.45) is 1.20. The van der Waals surface area contributed by atoms with Gasteiger partial charge in [-0.15, -0.1) is 0 Å². The lowest BCUT2D eigenvalue weighted by Crippen LogP contribution is -2.28. The molecular formula is C14H21FN2S. The quantitative estimate of drug-likeness (QED) is 0.907. The van der Waals surface area contributed by atoms with Gasteiger partial charge >= 0.3 is 0 Å². The highest BCUT2D eigenvalue weighted by atomic mass is 32.2. The van der Waals surface area contributed by atoms with Gasteiger partial charge in [0.1, 0.15) is 5.82 Å². The van der Waals surface area contributed by atoms with E-state index in [4.69, 9.17) is 0 Å². The lowest BCUT2D eigenvalue weighted by Gasteiger charge is -2.27. The summed E-state index contributed by atoms with van der Waals surface area (Å²) in [7, 11) is 1.91. The van der Waals surface area contributed by atoms with Crippen molar-refractivity contribution in [3.8, 4) is 0 Å². The highest BCUT2D eigenvalue weighted by molar-refractivity contribution is 7.99. The molecule has 1 N–H and O–H groups in total. The van der Waals surface area contributed by atoms with E-state index in [1.165, 1.54) is 17.9 Å². The molecule has 1 atom stereocenters. The molecule has 0 spiro atoms. The molecule has 0 bridgehead atoms. The molecule has 1 unspecified atom stereocenters. The van der Waals surface area contributed by atoms with Crippen molar-refractivity contribution in [2.45, 2.75) is 19.4 Å². The second-order valence-electron chi connectivity index (χ2n) is 4.67. The van der Waals surface area contributed by atoms with Gasteiger partial charge in [0.15, 0.2) is 0 Å². The molecular weight excluding hydrogens is 247 g/mol. The van der Waals surface area contributed by atoms with Gasteiger partial charge in [0, 0.05) is 30.6 Å². The zero-order chi connectivity index (χ0) is 13.0. The Morgan fingerprint density at radius 1 is 1.33 bits per heavy atom. The Kier molecular flexibility index (Phi) is 4.89. The number of nitrogens with one attached hydrogen (secondary N) is 1. The molecule has 1 saturated heterocycles. The molecule has 1 heterocycles. The van der Waals surface area contributed by atoms with E-state index < -0.39 is 0 Å². The van der Waals surface area contributed by atoms with E-state index in [0.717, 1.165) is 24.4 Å². The van der Waals surface area contributed by atoms with Crippen LogP contribution in [0.2, 0.25) is 0 Å². The Balaban J connectivity index is 2.29. The number of thioether (sulfide) groups is 1. The molecule has 2 rings (SSSR count). The van der Waals surface area contributed by atoms with Crippen molar-refractivity contribution < 1.29 is 4.39 Å². The summed E-state index contributed by atoms with van der Waals surface area (Å²) in [4.78, 5) is 2.39. The van der Waals surface area contributed by atoms with Crippen LogP contribution in [0.15, 0.2) is 18.2 Å². The Morgan fingerprint density at radius 2 is 2.17 bits per heavy atom. The van der Waals surface area contributed by atoms with Gasteiger partial charge in [-0.3, -0.25) is 0 Å². The maximum Gasteiger partial charge on any atom is 0.123 e. The summed E-state index contributed by atoms with van der Waals surface area (Å²) in [5, 5.41) is 3.21. The third kappa shape index (κ3) is 3.18. The lowest BCUT2D eigenvalue weighted by atomic mass is 10.0. The molecule has 100 valence electrons. The monoisotopic (exact) mass is 268 g/mol. The fourth-order valence-corrected chi connectivity index (χ4v) is 3.19. The van der Waals surface area contributed by atoms with E-state index in [0.29, 0.717) is 0 Å². The first kappa shape index (κ1) is 13.7. The van der Waals surface area contributed by atoms with Crippen LogP contribution in [0.1, 0.15) is 24.9 Å². The number of anilines is 1.